The second-order valence-corrected chi connectivity index (χ2v) is 3.37. The summed E-state index contributed by atoms with van der Waals surface area (Å²) in [4.78, 5) is 13.3. The molecular formula is C10H6F4N2O2. The maximum absolute atomic E-state index is 13.4. The van der Waals surface area contributed by atoms with Crippen LogP contribution in [-0.4, -0.2) is 16.1 Å². The van der Waals surface area contributed by atoms with Crippen LogP contribution in [0.3, 0.4) is 0 Å². The molecule has 1 heterocycles. The quantitative estimate of drug-likeness (QED) is 0.666. The molecule has 0 bridgehead atoms. The predicted molar refractivity (Wildman–Crippen MR) is 49.3 cm³/mol. The first-order chi connectivity index (χ1) is 8.31. The number of aliphatic carboxylic acids is 1. The van der Waals surface area contributed by atoms with Gasteiger partial charge in [0.15, 0.2) is 17.0 Å². The monoisotopic (exact) mass is 262 g/mol. The van der Waals surface area contributed by atoms with Crippen LogP contribution in [-0.2, 0) is 10.2 Å². The molecule has 0 spiro atoms. The molecule has 0 aromatic carbocycles. The number of halogens is 4. The Hall–Kier alpha value is -2.17. The van der Waals surface area contributed by atoms with E-state index in [1.54, 1.807) is 0 Å². The molecule has 4 nitrogen and oxygen atoms in total. The van der Waals surface area contributed by atoms with E-state index in [4.69, 9.17) is 10.4 Å². The largest absolute Gasteiger partial charge is 0.480 e. The number of nitriles is 1. The fourth-order valence-electron chi connectivity index (χ4n) is 1.48. The maximum atomic E-state index is 13.4. The van der Waals surface area contributed by atoms with Gasteiger partial charge in [0.1, 0.15) is 0 Å². The number of hydrogen-bond donors (Lipinski definition) is 1. The van der Waals surface area contributed by atoms with E-state index in [0.29, 0.717) is 0 Å². The Morgan fingerprint density at radius 1 is 1.33 bits per heavy atom. The maximum Gasteiger partial charge on any atom is 0.328 e. The fourth-order valence-corrected chi connectivity index (χ4v) is 1.48. The lowest BCUT2D eigenvalue weighted by atomic mass is 9.79. The molecule has 0 saturated carbocycles. The third kappa shape index (κ3) is 1.77. The van der Waals surface area contributed by atoms with Crippen molar-refractivity contribution in [3.8, 4) is 6.07 Å². The minimum Gasteiger partial charge on any atom is -0.480 e. The molecule has 0 saturated heterocycles. The van der Waals surface area contributed by atoms with E-state index in [2.05, 4.69) is 4.98 Å². The summed E-state index contributed by atoms with van der Waals surface area (Å²) in [6, 6.07) is 1.18. The van der Waals surface area contributed by atoms with Gasteiger partial charge in [-0.25, -0.2) is 8.78 Å². The summed E-state index contributed by atoms with van der Waals surface area (Å²) in [7, 11) is 0. The van der Waals surface area contributed by atoms with Crippen LogP contribution in [0.2, 0.25) is 0 Å². The Morgan fingerprint density at radius 3 is 2.06 bits per heavy atom. The molecule has 96 valence electrons. The van der Waals surface area contributed by atoms with Crippen molar-refractivity contribution >= 4 is 5.97 Å². The standard InChI is InChI=1S/C10H6F4N2O2/c1-2-10(3-15,9(17)18)4-5(11)7(13)16-8(14)6(4)12/h2H2,1H3,(H,17,18). The zero-order chi connectivity index (χ0) is 14.1. The topological polar surface area (TPSA) is 74.0 Å². The third-order valence-corrected chi connectivity index (χ3v) is 2.51. The van der Waals surface area contributed by atoms with E-state index in [-0.39, 0.29) is 0 Å². The highest BCUT2D eigenvalue weighted by Gasteiger charge is 2.46. The van der Waals surface area contributed by atoms with Crippen molar-refractivity contribution in [2.24, 2.45) is 0 Å². The Kier molecular flexibility index (Phi) is 3.55. The zero-order valence-electron chi connectivity index (χ0n) is 8.97. The molecule has 0 aliphatic heterocycles. The Labute approximate surface area is 98.5 Å². The van der Waals surface area contributed by atoms with Gasteiger partial charge in [0.25, 0.3) is 11.9 Å². The molecule has 1 aromatic heterocycles. The molecule has 1 N–H and O–H groups in total. The highest BCUT2D eigenvalue weighted by atomic mass is 19.2. The van der Waals surface area contributed by atoms with Crippen LogP contribution in [0.4, 0.5) is 17.6 Å². The van der Waals surface area contributed by atoms with E-state index >= 15 is 0 Å². The van der Waals surface area contributed by atoms with Crippen molar-refractivity contribution in [1.29, 1.82) is 5.26 Å². The van der Waals surface area contributed by atoms with E-state index in [0.717, 1.165) is 6.92 Å². The minimum atomic E-state index is -2.71. The van der Waals surface area contributed by atoms with Crippen molar-refractivity contribution in [3.05, 3.63) is 29.1 Å². The first-order valence-corrected chi connectivity index (χ1v) is 4.67. The number of carboxylic acid groups (broad SMARTS) is 1. The first kappa shape index (κ1) is 13.9. The number of nitrogens with zero attached hydrogens (tertiary/aromatic N) is 2. The van der Waals surface area contributed by atoms with Crippen molar-refractivity contribution in [3.63, 3.8) is 0 Å². The molecule has 0 aliphatic rings. The Balaban J connectivity index is 3.78. The smallest absolute Gasteiger partial charge is 0.328 e. The number of pyridine rings is 1. The van der Waals surface area contributed by atoms with Crippen molar-refractivity contribution < 1.29 is 27.5 Å². The van der Waals surface area contributed by atoms with Gasteiger partial charge >= 0.3 is 5.97 Å². The van der Waals surface area contributed by atoms with Gasteiger partial charge in [-0.15, -0.1) is 0 Å². The van der Waals surface area contributed by atoms with Crippen LogP contribution < -0.4 is 0 Å². The summed E-state index contributed by atoms with van der Waals surface area (Å²) < 4.78 is 52.6. The molecular weight excluding hydrogens is 256 g/mol. The summed E-state index contributed by atoms with van der Waals surface area (Å²) in [5.41, 5.74) is -4.19. The predicted octanol–water partition coefficient (Wildman–Crippen LogP) is 1.89. The Morgan fingerprint density at radius 2 is 1.78 bits per heavy atom. The fraction of sp³-hybridized carbons (Fsp3) is 0.300. The number of rotatable bonds is 3. The summed E-state index contributed by atoms with van der Waals surface area (Å²) in [6.07, 6.45) is -0.574. The summed E-state index contributed by atoms with van der Waals surface area (Å²) in [5, 5.41) is 17.7. The van der Waals surface area contributed by atoms with Crippen molar-refractivity contribution in [2.45, 2.75) is 18.8 Å². The molecule has 1 aromatic rings. The molecule has 0 fully saturated rings. The normalized spacial score (nSPS) is 13.8. The van der Waals surface area contributed by atoms with Gasteiger partial charge in [0.2, 0.25) is 0 Å². The molecule has 1 rings (SSSR count). The van der Waals surface area contributed by atoms with Crippen LogP contribution in [0, 0.1) is 34.9 Å². The third-order valence-electron chi connectivity index (χ3n) is 2.51. The molecule has 1 unspecified atom stereocenters. The SMILES string of the molecule is CCC(C#N)(C(=O)O)c1c(F)c(F)nc(F)c1F. The van der Waals surface area contributed by atoms with Crippen LogP contribution >= 0.6 is 0 Å². The number of aromatic nitrogens is 1. The van der Waals surface area contributed by atoms with Gasteiger partial charge in [0.05, 0.1) is 11.6 Å². The molecule has 8 heteroatoms. The zero-order valence-corrected chi connectivity index (χ0v) is 8.97. The van der Waals surface area contributed by atoms with Gasteiger partial charge in [-0.05, 0) is 6.42 Å². The van der Waals surface area contributed by atoms with Crippen molar-refractivity contribution in [1.82, 2.24) is 4.98 Å². The highest BCUT2D eigenvalue weighted by molar-refractivity contribution is 5.85. The van der Waals surface area contributed by atoms with Crippen LogP contribution in [0.1, 0.15) is 18.9 Å². The lowest BCUT2D eigenvalue weighted by molar-refractivity contribution is -0.141. The van der Waals surface area contributed by atoms with Gasteiger partial charge in [-0.2, -0.15) is 19.0 Å². The van der Waals surface area contributed by atoms with E-state index in [9.17, 15) is 22.4 Å². The summed E-state index contributed by atoms with van der Waals surface area (Å²) >= 11 is 0. The molecule has 0 amide bonds. The van der Waals surface area contributed by atoms with Gasteiger partial charge < -0.3 is 5.11 Å². The van der Waals surface area contributed by atoms with Crippen LogP contribution in [0.5, 0.6) is 0 Å². The van der Waals surface area contributed by atoms with Crippen LogP contribution in [0.25, 0.3) is 0 Å². The van der Waals surface area contributed by atoms with Gasteiger partial charge in [-0.3, -0.25) is 4.79 Å². The van der Waals surface area contributed by atoms with E-state index in [1.165, 1.54) is 6.07 Å². The second-order valence-electron chi connectivity index (χ2n) is 3.37. The van der Waals surface area contributed by atoms with Crippen molar-refractivity contribution in [2.75, 3.05) is 0 Å². The van der Waals surface area contributed by atoms with E-state index < -0.39 is 46.9 Å². The van der Waals surface area contributed by atoms with Gasteiger partial charge in [0, 0.05) is 0 Å². The molecule has 18 heavy (non-hydrogen) atoms. The number of carboxylic acids is 1. The lowest BCUT2D eigenvalue weighted by Crippen LogP contribution is -2.36. The summed E-state index contributed by atoms with van der Waals surface area (Å²) in [6.45, 7) is 1.15. The Bertz CT molecular complexity index is 530. The average molecular weight is 262 g/mol. The highest BCUT2D eigenvalue weighted by Crippen LogP contribution is 2.33. The average Bonchev–Trinajstić information content (AvgIpc) is 2.32. The number of hydrogen-bond acceptors (Lipinski definition) is 3. The number of carbonyl (C=O) groups is 1. The molecule has 0 radical (unpaired) electrons. The molecule has 1 atom stereocenters. The van der Waals surface area contributed by atoms with Crippen LogP contribution in [0.15, 0.2) is 0 Å². The first-order valence-electron chi connectivity index (χ1n) is 4.67. The second kappa shape index (κ2) is 4.60. The summed E-state index contributed by atoms with van der Waals surface area (Å²) in [5.74, 6) is -9.88. The van der Waals surface area contributed by atoms with Gasteiger partial charge in [-0.1, -0.05) is 6.92 Å². The van der Waals surface area contributed by atoms with E-state index in [1.807, 2.05) is 0 Å². The molecule has 0 aliphatic carbocycles. The lowest BCUT2D eigenvalue weighted by Gasteiger charge is -2.21. The minimum absolute atomic E-state index is 0.574.